The maximum atomic E-state index is 2.63. The second-order valence-electron chi connectivity index (χ2n) is 20.6. The molecule has 3 aliphatic carbocycles. The number of rotatable bonds is 2. The fourth-order valence-electron chi connectivity index (χ4n) is 12.6. The summed E-state index contributed by atoms with van der Waals surface area (Å²) in [5.74, 6) is 0.686. The predicted octanol–water partition coefficient (Wildman–Crippen LogP) is 15.7. The standard InChI is InChI=1S/C60H53N/c1-57(2)47-23-15-16-24-48(47)58(3,4)52-34-44-42(32-51(52)57)39-20-12-13-21-40(39)43-33-54-53(35-45(43)44)59(5,6)49-28-26-37(31-50(49)60(54,7)8)36-27-29-56-46(30-36)41-22-14-17-25-55(41)61(56)38-18-10-9-11-19-38/h9-35,49-50H,1-8H3. The van der Waals surface area contributed by atoms with Gasteiger partial charge in [-0.2, -0.15) is 0 Å². The molecule has 12 rings (SSSR count). The molecule has 3 aliphatic rings. The first kappa shape index (κ1) is 36.7. The quantitative estimate of drug-likeness (QED) is 0.154. The molecule has 0 amide bonds. The first-order valence-electron chi connectivity index (χ1n) is 22.3. The molecular weight excluding hydrogens is 735 g/mol. The summed E-state index contributed by atoms with van der Waals surface area (Å²) in [7, 11) is 0. The van der Waals surface area contributed by atoms with Gasteiger partial charge in [-0.1, -0.05) is 165 Å². The maximum Gasteiger partial charge on any atom is 0.0541 e. The van der Waals surface area contributed by atoms with Crippen LogP contribution in [-0.4, -0.2) is 4.57 Å². The van der Waals surface area contributed by atoms with Crippen LogP contribution in [0.2, 0.25) is 0 Å². The third-order valence-corrected chi connectivity index (χ3v) is 16.0. The van der Waals surface area contributed by atoms with Crippen LogP contribution in [0.3, 0.4) is 0 Å². The number of benzene rings is 8. The Morgan fingerprint density at radius 3 is 1.46 bits per heavy atom. The van der Waals surface area contributed by atoms with E-state index in [-0.39, 0.29) is 21.7 Å². The molecular formula is C60H53N. The molecule has 0 saturated heterocycles. The molecule has 61 heavy (non-hydrogen) atoms. The van der Waals surface area contributed by atoms with Crippen LogP contribution in [0, 0.1) is 11.8 Å². The number of nitrogens with zero attached hydrogens (tertiary/aromatic N) is 1. The Labute approximate surface area is 360 Å². The van der Waals surface area contributed by atoms with E-state index in [9.17, 15) is 0 Å². The smallest absolute Gasteiger partial charge is 0.0541 e. The highest BCUT2D eigenvalue weighted by atomic mass is 15.0. The Hall–Kier alpha value is -6.18. The second-order valence-corrected chi connectivity index (χ2v) is 20.6. The van der Waals surface area contributed by atoms with E-state index in [0.717, 1.165) is 0 Å². The largest absolute Gasteiger partial charge is 0.309 e. The minimum Gasteiger partial charge on any atom is -0.309 e. The summed E-state index contributed by atoms with van der Waals surface area (Å²) in [6.07, 6.45) is 7.62. The molecule has 0 bridgehead atoms. The van der Waals surface area contributed by atoms with Crippen molar-refractivity contribution in [1.29, 1.82) is 0 Å². The van der Waals surface area contributed by atoms with Crippen LogP contribution in [0.4, 0.5) is 0 Å². The lowest BCUT2D eigenvalue weighted by molar-refractivity contribution is 0.191. The van der Waals surface area contributed by atoms with Gasteiger partial charge in [0.05, 0.1) is 11.0 Å². The highest BCUT2D eigenvalue weighted by Gasteiger charge is 2.50. The van der Waals surface area contributed by atoms with Crippen molar-refractivity contribution in [2.75, 3.05) is 0 Å². The number of hydrogen-bond donors (Lipinski definition) is 0. The van der Waals surface area contributed by atoms with E-state index in [2.05, 4.69) is 224 Å². The first-order chi connectivity index (χ1) is 29.3. The third-order valence-electron chi connectivity index (χ3n) is 16.0. The lowest BCUT2D eigenvalue weighted by Crippen LogP contribution is -2.48. The van der Waals surface area contributed by atoms with E-state index in [4.69, 9.17) is 0 Å². The molecule has 0 spiro atoms. The normalized spacial score (nSPS) is 20.4. The van der Waals surface area contributed by atoms with Gasteiger partial charge in [-0.15, -0.1) is 0 Å². The predicted molar refractivity (Wildman–Crippen MR) is 261 cm³/mol. The molecule has 1 heterocycles. The first-order valence-corrected chi connectivity index (χ1v) is 22.3. The van der Waals surface area contributed by atoms with Crippen molar-refractivity contribution < 1.29 is 0 Å². The van der Waals surface area contributed by atoms with Crippen LogP contribution in [0.5, 0.6) is 0 Å². The van der Waals surface area contributed by atoms with E-state index >= 15 is 0 Å². The third kappa shape index (κ3) is 4.84. The topological polar surface area (TPSA) is 4.93 Å². The van der Waals surface area contributed by atoms with Gasteiger partial charge in [0, 0.05) is 27.3 Å². The van der Waals surface area contributed by atoms with Crippen LogP contribution in [0.25, 0.3) is 65.4 Å². The minimum absolute atomic E-state index is 0.0817. The molecule has 298 valence electrons. The zero-order valence-electron chi connectivity index (χ0n) is 36.7. The minimum atomic E-state index is -0.114. The number of para-hydroxylation sites is 2. The zero-order chi connectivity index (χ0) is 41.8. The van der Waals surface area contributed by atoms with Gasteiger partial charge in [0.2, 0.25) is 0 Å². The highest BCUT2D eigenvalue weighted by Crippen LogP contribution is 2.58. The summed E-state index contributed by atoms with van der Waals surface area (Å²) in [5.41, 5.74) is 14.6. The van der Waals surface area contributed by atoms with Gasteiger partial charge in [-0.3, -0.25) is 0 Å². The van der Waals surface area contributed by atoms with E-state index in [1.54, 1.807) is 0 Å². The van der Waals surface area contributed by atoms with Gasteiger partial charge in [-0.05, 0) is 154 Å². The van der Waals surface area contributed by atoms with Crippen LogP contribution >= 0.6 is 0 Å². The fraction of sp³-hybridized carbons (Fsp3) is 0.233. The van der Waals surface area contributed by atoms with E-state index in [0.29, 0.717) is 11.8 Å². The van der Waals surface area contributed by atoms with Crippen LogP contribution in [0.15, 0.2) is 164 Å². The van der Waals surface area contributed by atoms with Gasteiger partial charge in [0.1, 0.15) is 0 Å². The molecule has 0 fully saturated rings. The van der Waals surface area contributed by atoms with Crippen molar-refractivity contribution in [2.45, 2.75) is 77.0 Å². The number of hydrogen-bond acceptors (Lipinski definition) is 0. The SMILES string of the molecule is CC1(C)c2ccccc2C(C)(C)c2cc3c(cc21)c1ccccc1c1cc2c(cc31)C(C)(C)C1C=CC(c3ccc4c(c3)c3ccccc3n4-c3ccccc3)=CC1C2(C)C. The lowest BCUT2D eigenvalue weighted by Gasteiger charge is -2.53. The fourth-order valence-corrected chi connectivity index (χ4v) is 12.6. The summed E-state index contributed by atoms with van der Waals surface area (Å²) >= 11 is 0. The van der Waals surface area contributed by atoms with Crippen LogP contribution in [-0.2, 0) is 21.7 Å². The number of fused-ring (bicyclic) bond motifs is 13. The van der Waals surface area contributed by atoms with E-state index in [1.807, 2.05) is 0 Å². The van der Waals surface area contributed by atoms with E-state index < -0.39 is 0 Å². The molecule has 2 unspecified atom stereocenters. The Balaban J connectivity index is 1.04. The van der Waals surface area contributed by atoms with Crippen molar-refractivity contribution in [1.82, 2.24) is 4.57 Å². The molecule has 0 aliphatic heterocycles. The molecule has 8 aromatic carbocycles. The second kappa shape index (κ2) is 12.2. The van der Waals surface area contributed by atoms with Gasteiger partial charge < -0.3 is 4.57 Å². The zero-order valence-corrected chi connectivity index (χ0v) is 36.7. The molecule has 0 radical (unpaired) electrons. The van der Waals surface area contributed by atoms with Gasteiger partial charge in [0.15, 0.2) is 0 Å². The molecule has 1 heteroatoms. The van der Waals surface area contributed by atoms with Gasteiger partial charge >= 0.3 is 0 Å². The lowest BCUT2D eigenvalue weighted by atomic mass is 9.51. The Bertz CT molecular complexity index is 3420. The van der Waals surface area contributed by atoms with Gasteiger partial charge in [-0.25, -0.2) is 0 Å². The molecule has 1 aromatic heterocycles. The maximum absolute atomic E-state index is 2.63. The van der Waals surface area contributed by atoms with Crippen LogP contribution in [0.1, 0.15) is 94.3 Å². The summed E-state index contributed by atoms with van der Waals surface area (Å²) in [6.45, 7) is 19.7. The summed E-state index contributed by atoms with van der Waals surface area (Å²) in [5, 5.41) is 10.8. The van der Waals surface area contributed by atoms with Crippen molar-refractivity contribution in [3.63, 3.8) is 0 Å². The Morgan fingerprint density at radius 1 is 0.377 bits per heavy atom. The monoisotopic (exact) mass is 787 g/mol. The van der Waals surface area contributed by atoms with Crippen molar-refractivity contribution in [3.05, 3.63) is 203 Å². The Kier molecular flexibility index (Phi) is 7.35. The van der Waals surface area contributed by atoms with Crippen molar-refractivity contribution >= 4 is 59.7 Å². The summed E-state index contributed by atoms with van der Waals surface area (Å²) in [6, 6.07) is 55.5. The summed E-state index contributed by atoms with van der Waals surface area (Å²) in [4.78, 5) is 0. The number of allylic oxidation sites excluding steroid dienone is 4. The van der Waals surface area contributed by atoms with Gasteiger partial charge in [0.25, 0.3) is 0 Å². The summed E-state index contributed by atoms with van der Waals surface area (Å²) < 4.78 is 2.41. The average molecular weight is 788 g/mol. The van der Waals surface area contributed by atoms with Crippen LogP contribution < -0.4 is 0 Å². The Morgan fingerprint density at radius 2 is 0.852 bits per heavy atom. The van der Waals surface area contributed by atoms with Crippen molar-refractivity contribution in [3.8, 4) is 5.69 Å². The molecule has 0 saturated carbocycles. The average Bonchev–Trinajstić information content (AvgIpc) is 3.61. The number of aromatic nitrogens is 1. The molecule has 2 atom stereocenters. The molecule has 1 nitrogen and oxygen atoms in total. The molecule has 0 N–H and O–H groups in total. The highest BCUT2D eigenvalue weighted by molar-refractivity contribution is 6.26. The van der Waals surface area contributed by atoms with Crippen molar-refractivity contribution in [2.24, 2.45) is 11.8 Å². The van der Waals surface area contributed by atoms with E-state index in [1.165, 1.54) is 104 Å². The molecule has 9 aromatic rings.